The Morgan fingerprint density at radius 2 is 1.96 bits per heavy atom. The van der Waals surface area contributed by atoms with Gasteiger partial charge in [0.1, 0.15) is 5.82 Å². The van der Waals surface area contributed by atoms with Crippen LogP contribution in [0.5, 0.6) is 0 Å². The molecule has 0 amide bonds. The fraction of sp³-hybridized carbons (Fsp3) is 0.476. The first-order valence-electron chi connectivity index (χ1n) is 9.30. The summed E-state index contributed by atoms with van der Waals surface area (Å²) >= 11 is 0. The molecule has 134 valence electrons. The quantitative estimate of drug-likeness (QED) is 0.755. The highest BCUT2D eigenvalue weighted by Gasteiger charge is 2.25. The van der Waals surface area contributed by atoms with Crippen LogP contribution in [0.3, 0.4) is 0 Å². The van der Waals surface area contributed by atoms with Crippen LogP contribution >= 0.6 is 0 Å². The lowest BCUT2D eigenvalue weighted by Crippen LogP contribution is -2.24. The summed E-state index contributed by atoms with van der Waals surface area (Å²) < 4.78 is 14.7. The van der Waals surface area contributed by atoms with Crippen molar-refractivity contribution in [3.8, 4) is 0 Å². The number of carbonyl (C=O) groups is 1. The summed E-state index contributed by atoms with van der Waals surface area (Å²) in [7, 11) is 0. The summed E-state index contributed by atoms with van der Waals surface area (Å²) in [5.41, 5.74) is 3.33. The molecule has 1 saturated carbocycles. The average Bonchev–Trinajstić information content (AvgIpc) is 2.85. The Morgan fingerprint density at radius 1 is 1.28 bits per heavy atom. The van der Waals surface area contributed by atoms with Gasteiger partial charge in [-0.25, -0.2) is 4.39 Å². The van der Waals surface area contributed by atoms with Gasteiger partial charge in [0.15, 0.2) is 5.78 Å². The number of fused-ring (bicyclic) bond motifs is 1. The minimum Gasteiger partial charge on any atom is -0.380 e. The molecule has 4 heteroatoms. The number of carbonyl (C=O) groups excluding carboxylic acids is 1. The molecule has 0 saturated heterocycles. The Balaban J connectivity index is 1.94. The lowest BCUT2D eigenvalue weighted by Gasteiger charge is -2.30. The molecule has 25 heavy (non-hydrogen) atoms. The first kappa shape index (κ1) is 17.7. The normalized spacial score (nSPS) is 18.4. The van der Waals surface area contributed by atoms with Crippen LogP contribution in [0, 0.1) is 5.82 Å². The van der Waals surface area contributed by atoms with Gasteiger partial charge < -0.3 is 10.2 Å². The number of ketones is 1. The van der Waals surface area contributed by atoms with Crippen LogP contribution in [-0.2, 0) is 4.79 Å². The molecule has 1 aliphatic carbocycles. The van der Waals surface area contributed by atoms with E-state index in [2.05, 4.69) is 11.9 Å². The molecule has 1 aliphatic heterocycles. The number of allylic oxidation sites excluding steroid dienone is 2. The second-order valence-electron chi connectivity index (χ2n) is 7.05. The van der Waals surface area contributed by atoms with Crippen molar-refractivity contribution in [3.05, 3.63) is 41.9 Å². The van der Waals surface area contributed by atoms with Crippen LogP contribution in [0.1, 0.15) is 57.9 Å². The lowest BCUT2D eigenvalue weighted by molar-refractivity contribution is -0.113. The van der Waals surface area contributed by atoms with Gasteiger partial charge in [0.2, 0.25) is 0 Å². The first-order valence-corrected chi connectivity index (χ1v) is 9.30. The average molecular weight is 342 g/mol. The van der Waals surface area contributed by atoms with E-state index in [1.807, 2.05) is 24.1 Å². The minimum atomic E-state index is -0.273. The molecule has 1 heterocycles. The zero-order valence-corrected chi connectivity index (χ0v) is 15.2. The molecular formula is C21H27FN2O. The van der Waals surface area contributed by atoms with Gasteiger partial charge in [-0.3, -0.25) is 4.79 Å². The lowest BCUT2D eigenvalue weighted by atomic mass is 9.92. The molecule has 1 aromatic carbocycles. The van der Waals surface area contributed by atoms with E-state index in [0.717, 1.165) is 18.5 Å². The summed E-state index contributed by atoms with van der Waals surface area (Å²) in [6.45, 7) is 8.28. The summed E-state index contributed by atoms with van der Waals surface area (Å²) in [5.74, 6) is -0.319. The molecule has 1 aromatic rings. The second-order valence-corrected chi connectivity index (χ2v) is 7.05. The van der Waals surface area contributed by atoms with Crippen molar-refractivity contribution in [3.63, 3.8) is 0 Å². The van der Waals surface area contributed by atoms with E-state index in [9.17, 15) is 9.18 Å². The number of hydrogen-bond donors (Lipinski definition) is 1. The summed E-state index contributed by atoms with van der Waals surface area (Å²) in [6, 6.07) is 3.73. The standard InChI is InChI=1S/C21H27FN2O/c1-4-24-13-18(15(3)25)14(2)17-11-19(22)20(12-21(17)24)23-16-9-7-5-6-8-10-16/h11-13,16,23H,2,4-10H2,1,3H3. The molecule has 1 fully saturated rings. The van der Waals surface area contributed by atoms with Crippen molar-refractivity contribution in [2.24, 2.45) is 0 Å². The van der Waals surface area contributed by atoms with Crippen molar-refractivity contribution in [2.45, 2.75) is 58.4 Å². The number of hydrogen-bond acceptors (Lipinski definition) is 3. The van der Waals surface area contributed by atoms with Crippen molar-refractivity contribution in [2.75, 3.05) is 16.8 Å². The number of nitrogens with one attached hydrogen (secondary N) is 1. The van der Waals surface area contributed by atoms with Gasteiger partial charge >= 0.3 is 0 Å². The number of Topliss-reactive ketones (excluding diaryl/α,β-unsaturated/α-hetero) is 1. The van der Waals surface area contributed by atoms with Crippen molar-refractivity contribution in [1.82, 2.24) is 0 Å². The zero-order valence-electron chi connectivity index (χ0n) is 15.2. The molecule has 0 unspecified atom stereocenters. The van der Waals surface area contributed by atoms with E-state index in [1.54, 1.807) is 0 Å². The minimum absolute atomic E-state index is 0.0461. The predicted molar refractivity (Wildman–Crippen MR) is 102 cm³/mol. The summed E-state index contributed by atoms with van der Waals surface area (Å²) in [4.78, 5) is 13.9. The second kappa shape index (κ2) is 7.42. The maximum absolute atomic E-state index is 14.7. The molecular weight excluding hydrogens is 315 g/mol. The highest BCUT2D eigenvalue weighted by atomic mass is 19.1. The van der Waals surface area contributed by atoms with Gasteiger partial charge in [0, 0.05) is 29.9 Å². The van der Waals surface area contributed by atoms with E-state index in [-0.39, 0.29) is 11.6 Å². The highest BCUT2D eigenvalue weighted by molar-refractivity contribution is 6.11. The molecule has 1 N–H and O–H groups in total. The number of halogens is 1. The fourth-order valence-corrected chi connectivity index (χ4v) is 3.81. The van der Waals surface area contributed by atoms with Crippen molar-refractivity contribution >= 4 is 22.7 Å². The van der Waals surface area contributed by atoms with Crippen LogP contribution in [-0.4, -0.2) is 18.4 Å². The maximum atomic E-state index is 14.7. The van der Waals surface area contributed by atoms with Gasteiger partial charge in [-0.2, -0.15) is 0 Å². The highest BCUT2D eigenvalue weighted by Crippen LogP contribution is 2.39. The van der Waals surface area contributed by atoms with Crippen LogP contribution in [0.25, 0.3) is 5.57 Å². The topological polar surface area (TPSA) is 32.3 Å². The Kier molecular flexibility index (Phi) is 5.26. The molecule has 0 radical (unpaired) electrons. The van der Waals surface area contributed by atoms with E-state index >= 15 is 0 Å². The number of anilines is 2. The monoisotopic (exact) mass is 342 g/mol. The number of benzene rings is 1. The molecule has 0 bridgehead atoms. The third-order valence-electron chi connectivity index (χ3n) is 5.26. The molecule has 3 rings (SSSR count). The van der Waals surface area contributed by atoms with Gasteiger partial charge in [0.05, 0.1) is 11.4 Å². The molecule has 0 atom stereocenters. The van der Waals surface area contributed by atoms with E-state index in [4.69, 9.17) is 0 Å². The number of nitrogens with zero attached hydrogens (tertiary/aromatic N) is 1. The Hall–Kier alpha value is -2.10. The van der Waals surface area contributed by atoms with Gasteiger partial charge in [-0.05, 0) is 44.4 Å². The third kappa shape index (κ3) is 3.63. The first-order chi connectivity index (χ1) is 12.0. The molecule has 0 spiro atoms. The predicted octanol–water partition coefficient (Wildman–Crippen LogP) is 5.29. The molecule has 3 nitrogen and oxygen atoms in total. The fourth-order valence-electron chi connectivity index (χ4n) is 3.81. The van der Waals surface area contributed by atoms with Crippen LogP contribution in [0.4, 0.5) is 15.8 Å². The van der Waals surface area contributed by atoms with Gasteiger partial charge in [-0.15, -0.1) is 0 Å². The molecule has 2 aliphatic rings. The maximum Gasteiger partial charge on any atom is 0.161 e. The Bertz CT molecular complexity index is 715. The van der Waals surface area contributed by atoms with Gasteiger partial charge in [0.25, 0.3) is 0 Å². The van der Waals surface area contributed by atoms with E-state index in [1.165, 1.54) is 38.7 Å². The van der Waals surface area contributed by atoms with E-state index in [0.29, 0.717) is 35.0 Å². The summed E-state index contributed by atoms with van der Waals surface area (Å²) in [5, 5.41) is 3.41. The zero-order chi connectivity index (χ0) is 18.0. The van der Waals surface area contributed by atoms with Crippen molar-refractivity contribution < 1.29 is 9.18 Å². The number of rotatable bonds is 4. The van der Waals surface area contributed by atoms with Crippen molar-refractivity contribution in [1.29, 1.82) is 0 Å². The smallest absolute Gasteiger partial charge is 0.161 e. The van der Waals surface area contributed by atoms with Gasteiger partial charge in [-0.1, -0.05) is 32.3 Å². The third-order valence-corrected chi connectivity index (χ3v) is 5.26. The van der Waals surface area contributed by atoms with Crippen LogP contribution in [0.15, 0.2) is 30.5 Å². The molecule has 0 aromatic heterocycles. The van der Waals surface area contributed by atoms with E-state index < -0.39 is 0 Å². The SMILES string of the molecule is C=C1C(C(C)=O)=CN(CC)c2cc(NC3CCCCCC3)c(F)cc21. The largest absolute Gasteiger partial charge is 0.380 e. The van der Waals surface area contributed by atoms with Crippen LogP contribution in [0.2, 0.25) is 0 Å². The summed E-state index contributed by atoms with van der Waals surface area (Å²) in [6.07, 6.45) is 8.96. The van der Waals surface area contributed by atoms with Crippen LogP contribution < -0.4 is 10.2 Å². The Labute approximate surface area is 149 Å². The Morgan fingerprint density at radius 3 is 2.56 bits per heavy atom.